The van der Waals surface area contributed by atoms with Gasteiger partial charge in [0.15, 0.2) is 0 Å². The lowest BCUT2D eigenvalue weighted by Gasteiger charge is -2.27. The molecule has 0 amide bonds. The van der Waals surface area contributed by atoms with E-state index in [1.807, 2.05) is 18.2 Å². The van der Waals surface area contributed by atoms with Crippen molar-refractivity contribution in [2.24, 2.45) is 0 Å². The second-order valence-electron chi connectivity index (χ2n) is 4.10. The van der Waals surface area contributed by atoms with Gasteiger partial charge in [-0.25, -0.2) is 0 Å². The molecule has 1 saturated carbocycles. The summed E-state index contributed by atoms with van der Waals surface area (Å²) in [6.07, 6.45) is 5.22. The number of aromatic nitrogens is 2. The van der Waals surface area contributed by atoms with Crippen LogP contribution in [0.4, 0.5) is 5.69 Å². The second-order valence-corrected chi connectivity index (χ2v) is 4.10. The Balaban J connectivity index is 1.82. The maximum Gasteiger partial charge on any atom is 0.247 e. The Morgan fingerprint density at radius 3 is 2.94 bits per heavy atom. The van der Waals surface area contributed by atoms with Crippen molar-refractivity contribution in [2.75, 3.05) is 5.32 Å². The Morgan fingerprint density at radius 1 is 1.31 bits per heavy atom. The van der Waals surface area contributed by atoms with Gasteiger partial charge < -0.3 is 9.73 Å². The SMILES string of the molecule is c1cc(NC2CCC2)cc(-c2nnco2)c1. The number of anilines is 1. The van der Waals surface area contributed by atoms with Crippen LogP contribution in [0, 0.1) is 0 Å². The molecule has 4 heteroatoms. The maximum absolute atomic E-state index is 5.17. The van der Waals surface area contributed by atoms with Crippen molar-refractivity contribution < 1.29 is 4.42 Å². The first kappa shape index (κ1) is 9.39. The third-order valence-electron chi connectivity index (χ3n) is 2.95. The van der Waals surface area contributed by atoms with Crippen LogP contribution in [0.5, 0.6) is 0 Å². The van der Waals surface area contributed by atoms with Crippen LogP contribution in [-0.2, 0) is 0 Å². The molecule has 1 heterocycles. The van der Waals surface area contributed by atoms with E-state index in [0.717, 1.165) is 11.3 Å². The predicted molar refractivity (Wildman–Crippen MR) is 61.0 cm³/mol. The summed E-state index contributed by atoms with van der Waals surface area (Å²) in [6.45, 7) is 0. The normalized spacial score (nSPS) is 15.8. The number of nitrogens with zero attached hydrogens (tertiary/aromatic N) is 2. The third kappa shape index (κ3) is 1.78. The van der Waals surface area contributed by atoms with Gasteiger partial charge in [0, 0.05) is 17.3 Å². The molecule has 1 fully saturated rings. The Hall–Kier alpha value is -1.84. The minimum atomic E-state index is 0.567. The van der Waals surface area contributed by atoms with Crippen LogP contribution >= 0.6 is 0 Å². The van der Waals surface area contributed by atoms with Crippen molar-refractivity contribution in [3.05, 3.63) is 30.7 Å². The van der Waals surface area contributed by atoms with Crippen molar-refractivity contribution in [2.45, 2.75) is 25.3 Å². The summed E-state index contributed by atoms with van der Waals surface area (Å²) in [5.41, 5.74) is 2.09. The molecule has 0 atom stereocenters. The van der Waals surface area contributed by atoms with E-state index in [-0.39, 0.29) is 0 Å². The molecule has 1 N–H and O–H groups in total. The summed E-state index contributed by atoms with van der Waals surface area (Å²) in [5, 5.41) is 11.1. The first-order chi connectivity index (χ1) is 7.92. The molecular weight excluding hydrogens is 202 g/mol. The highest BCUT2D eigenvalue weighted by Gasteiger charge is 2.16. The molecule has 82 valence electrons. The third-order valence-corrected chi connectivity index (χ3v) is 2.95. The van der Waals surface area contributed by atoms with E-state index >= 15 is 0 Å². The molecule has 2 aromatic rings. The Bertz CT molecular complexity index is 463. The quantitative estimate of drug-likeness (QED) is 0.855. The van der Waals surface area contributed by atoms with Crippen molar-refractivity contribution in [3.8, 4) is 11.5 Å². The van der Waals surface area contributed by atoms with Gasteiger partial charge in [0.25, 0.3) is 0 Å². The van der Waals surface area contributed by atoms with Gasteiger partial charge in [-0.1, -0.05) is 6.07 Å². The first-order valence-electron chi connectivity index (χ1n) is 5.55. The Morgan fingerprint density at radius 2 is 2.25 bits per heavy atom. The van der Waals surface area contributed by atoms with Crippen LogP contribution in [0.25, 0.3) is 11.5 Å². The molecule has 1 aromatic heterocycles. The van der Waals surface area contributed by atoms with E-state index in [9.17, 15) is 0 Å². The minimum Gasteiger partial charge on any atom is -0.423 e. The zero-order chi connectivity index (χ0) is 10.8. The molecule has 0 aliphatic heterocycles. The van der Waals surface area contributed by atoms with Crippen molar-refractivity contribution in [1.29, 1.82) is 0 Å². The highest BCUT2D eigenvalue weighted by atomic mass is 16.4. The Labute approximate surface area is 93.7 Å². The number of rotatable bonds is 3. The fourth-order valence-electron chi connectivity index (χ4n) is 1.83. The smallest absolute Gasteiger partial charge is 0.247 e. The zero-order valence-corrected chi connectivity index (χ0v) is 8.89. The van der Waals surface area contributed by atoms with Crippen LogP contribution in [0.1, 0.15) is 19.3 Å². The largest absolute Gasteiger partial charge is 0.423 e. The number of benzene rings is 1. The average molecular weight is 215 g/mol. The van der Waals surface area contributed by atoms with E-state index in [1.54, 1.807) is 0 Å². The first-order valence-corrected chi connectivity index (χ1v) is 5.55. The lowest BCUT2D eigenvalue weighted by molar-refractivity contribution is 0.445. The van der Waals surface area contributed by atoms with Crippen LogP contribution in [0.2, 0.25) is 0 Å². The minimum absolute atomic E-state index is 0.567. The molecule has 0 saturated heterocycles. The predicted octanol–water partition coefficient (Wildman–Crippen LogP) is 2.70. The highest BCUT2D eigenvalue weighted by Crippen LogP contribution is 2.25. The van der Waals surface area contributed by atoms with Gasteiger partial charge in [0.1, 0.15) is 0 Å². The number of hydrogen-bond donors (Lipinski definition) is 1. The maximum atomic E-state index is 5.17. The molecule has 3 rings (SSSR count). The highest BCUT2D eigenvalue weighted by molar-refractivity contribution is 5.61. The molecule has 1 aliphatic rings. The Kier molecular flexibility index (Phi) is 2.33. The lowest BCUT2D eigenvalue weighted by atomic mass is 9.93. The van der Waals surface area contributed by atoms with Crippen LogP contribution < -0.4 is 5.32 Å². The van der Waals surface area contributed by atoms with E-state index in [0.29, 0.717) is 11.9 Å². The molecule has 0 spiro atoms. The van der Waals surface area contributed by atoms with Gasteiger partial charge in [-0.15, -0.1) is 10.2 Å². The average Bonchev–Trinajstić information content (AvgIpc) is 2.77. The molecule has 1 aromatic carbocycles. The summed E-state index contributed by atoms with van der Waals surface area (Å²) in [7, 11) is 0. The van der Waals surface area contributed by atoms with Crippen molar-refractivity contribution in [1.82, 2.24) is 10.2 Å². The molecule has 16 heavy (non-hydrogen) atoms. The van der Waals surface area contributed by atoms with E-state index in [2.05, 4.69) is 21.6 Å². The summed E-state index contributed by atoms with van der Waals surface area (Å²) in [5.74, 6) is 0.567. The van der Waals surface area contributed by atoms with Gasteiger partial charge in [0.05, 0.1) is 0 Å². The molecule has 0 unspecified atom stereocenters. The van der Waals surface area contributed by atoms with Gasteiger partial charge in [-0.05, 0) is 37.5 Å². The van der Waals surface area contributed by atoms with Gasteiger partial charge in [0.2, 0.25) is 12.3 Å². The fraction of sp³-hybridized carbons (Fsp3) is 0.333. The van der Waals surface area contributed by atoms with Crippen molar-refractivity contribution in [3.63, 3.8) is 0 Å². The van der Waals surface area contributed by atoms with Crippen molar-refractivity contribution >= 4 is 5.69 Å². The standard InChI is InChI=1S/C12H13N3O/c1-3-9(12-15-13-8-16-12)7-11(6-1)14-10-4-2-5-10/h1,3,6-8,10,14H,2,4-5H2. The van der Waals surface area contributed by atoms with E-state index in [4.69, 9.17) is 4.42 Å². The van der Waals surface area contributed by atoms with Crippen LogP contribution in [0.3, 0.4) is 0 Å². The zero-order valence-electron chi connectivity index (χ0n) is 8.89. The topological polar surface area (TPSA) is 51.0 Å². The van der Waals surface area contributed by atoms with Gasteiger partial charge in [-0.2, -0.15) is 0 Å². The van der Waals surface area contributed by atoms with E-state index in [1.165, 1.54) is 25.7 Å². The summed E-state index contributed by atoms with van der Waals surface area (Å²) >= 11 is 0. The van der Waals surface area contributed by atoms with Crippen LogP contribution in [0.15, 0.2) is 35.1 Å². The summed E-state index contributed by atoms with van der Waals surface area (Å²) in [6, 6.07) is 8.72. The second kappa shape index (κ2) is 3.96. The molecular formula is C12H13N3O. The number of nitrogens with one attached hydrogen (secondary N) is 1. The van der Waals surface area contributed by atoms with Crippen LogP contribution in [-0.4, -0.2) is 16.2 Å². The summed E-state index contributed by atoms with van der Waals surface area (Å²) < 4.78 is 5.17. The number of hydrogen-bond acceptors (Lipinski definition) is 4. The molecule has 0 radical (unpaired) electrons. The van der Waals surface area contributed by atoms with Gasteiger partial charge >= 0.3 is 0 Å². The molecule has 4 nitrogen and oxygen atoms in total. The van der Waals surface area contributed by atoms with E-state index < -0.39 is 0 Å². The molecule has 0 bridgehead atoms. The molecule has 1 aliphatic carbocycles. The lowest BCUT2D eigenvalue weighted by Crippen LogP contribution is -2.26. The monoisotopic (exact) mass is 215 g/mol. The summed E-state index contributed by atoms with van der Waals surface area (Å²) in [4.78, 5) is 0. The fourth-order valence-corrected chi connectivity index (χ4v) is 1.83. The van der Waals surface area contributed by atoms with Gasteiger partial charge in [-0.3, -0.25) is 0 Å².